The lowest BCUT2D eigenvalue weighted by molar-refractivity contribution is -0.132. The first-order chi connectivity index (χ1) is 13.4. The first-order valence-corrected chi connectivity index (χ1v) is 9.70. The molecule has 0 saturated carbocycles. The van der Waals surface area contributed by atoms with E-state index in [4.69, 9.17) is 4.74 Å². The summed E-state index contributed by atoms with van der Waals surface area (Å²) in [5.74, 6) is -0.192. The van der Waals surface area contributed by atoms with E-state index in [9.17, 15) is 14.0 Å². The Morgan fingerprint density at radius 1 is 1.18 bits per heavy atom. The lowest BCUT2D eigenvalue weighted by Gasteiger charge is -2.34. The van der Waals surface area contributed by atoms with Crippen LogP contribution in [0.15, 0.2) is 18.2 Å². The lowest BCUT2D eigenvalue weighted by Crippen LogP contribution is -2.51. The van der Waals surface area contributed by atoms with Crippen LogP contribution in [0.1, 0.15) is 18.9 Å². The van der Waals surface area contributed by atoms with Crippen molar-refractivity contribution in [3.63, 3.8) is 0 Å². The summed E-state index contributed by atoms with van der Waals surface area (Å²) in [7, 11) is 3.14. The molecule has 1 aliphatic rings. The SMILES string of the molecule is CCCNC(=O)CN1CCN(CC(=O)N(C)Cc2ccc(OC)c(F)c2)CC1. The zero-order valence-corrected chi connectivity index (χ0v) is 17.0. The molecule has 2 amide bonds. The van der Waals surface area contributed by atoms with Crippen LogP contribution >= 0.6 is 0 Å². The third-order valence-corrected chi connectivity index (χ3v) is 4.82. The van der Waals surface area contributed by atoms with Crippen molar-refractivity contribution in [1.82, 2.24) is 20.0 Å². The van der Waals surface area contributed by atoms with Crippen molar-refractivity contribution in [3.05, 3.63) is 29.6 Å². The highest BCUT2D eigenvalue weighted by atomic mass is 19.1. The highest BCUT2D eigenvalue weighted by Crippen LogP contribution is 2.18. The Labute approximate surface area is 166 Å². The molecule has 0 bridgehead atoms. The molecule has 0 spiro atoms. The first kappa shape index (κ1) is 22.1. The van der Waals surface area contributed by atoms with Crippen molar-refractivity contribution in [2.24, 2.45) is 0 Å². The van der Waals surface area contributed by atoms with Gasteiger partial charge in [0.05, 0.1) is 20.2 Å². The first-order valence-electron chi connectivity index (χ1n) is 9.70. The molecular formula is C20H31FN4O3. The van der Waals surface area contributed by atoms with Gasteiger partial charge in [-0.15, -0.1) is 0 Å². The minimum Gasteiger partial charge on any atom is -0.494 e. The van der Waals surface area contributed by atoms with E-state index < -0.39 is 5.82 Å². The molecule has 0 radical (unpaired) electrons. The second-order valence-electron chi connectivity index (χ2n) is 7.12. The number of rotatable bonds is 9. The van der Waals surface area contributed by atoms with E-state index >= 15 is 0 Å². The largest absolute Gasteiger partial charge is 0.494 e. The molecule has 2 rings (SSSR count). The number of benzene rings is 1. The summed E-state index contributed by atoms with van der Waals surface area (Å²) in [4.78, 5) is 30.1. The molecule has 8 heteroatoms. The topological polar surface area (TPSA) is 65.1 Å². The summed E-state index contributed by atoms with van der Waals surface area (Å²) in [5, 5.41) is 2.88. The molecule has 1 aromatic carbocycles. The second-order valence-corrected chi connectivity index (χ2v) is 7.12. The number of methoxy groups -OCH3 is 1. The molecule has 28 heavy (non-hydrogen) atoms. The van der Waals surface area contributed by atoms with Crippen LogP contribution in [0.25, 0.3) is 0 Å². The van der Waals surface area contributed by atoms with Crippen LogP contribution in [0.3, 0.4) is 0 Å². The van der Waals surface area contributed by atoms with E-state index in [1.807, 2.05) is 6.92 Å². The summed E-state index contributed by atoms with van der Waals surface area (Å²) in [6.45, 7) is 6.83. The van der Waals surface area contributed by atoms with Gasteiger partial charge in [0.15, 0.2) is 11.6 Å². The summed E-state index contributed by atoms with van der Waals surface area (Å²) in [5.41, 5.74) is 0.720. The Morgan fingerprint density at radius 3 is 2.39 bits per heavy atom. The Bertz CT molecular complexity index is 663. The smallest absolute Gasteiger partial charge is 0.236 e. The number of carbonyl (C=O) groups is 2. The number of ether oxygens (including phenoxy) is 1. The van der Waals surface area contributed by atoms with E-state index in [1.54, 1.807) is 24.1 Å². The minimum absolute atomic E-state index is 0.00892. The lowest BCUT2D eigenvalue weighted by atomic mass is 10.2. The number of nitrogens with one attached hydrogen (secondary N) is 1. The normalized spacial score (nSPS) is 15.3. The van der Waals surface area contributed by atoms with Crippen molar-refractivity contribution < 1.29 is 18.7 Å². The molecule has 1 fully saturated rings. The van der Waals surface area contributed by atoms with Crippen LogP contribution in [-0.4, -0.2) is 86.5 Å². The Hall–Kier alpha value is -2.19. The van der Waals surface area contributed by atoms with Gasteiger partial charge in [-0.3, -0.25) is 19.4 Å². The number of nitrogens with zero attached hydrogens (tertiary/aromatic N) is 3. The number of piperazine rings is 1. The molecule has 1 saturated heterocycles. The van der Waals surface area contributed by atoms with Gasteiger partial charge in [0.2, 0.25) is 11.8 Å². The summed E-state index contributed by atoms with van der Waals surface area (Å²) in [6.07, 6.45) is 0.929. The molecule has 0 aliphatic carbocycles. The maximum atomic E-state index is 13.8. The number of likely N-dealkylation sites (N-methyl/N-ethyl adjacent to an activating group) is 1. The zero-order valence-electron chi connectivity index (χ0n) is 17.0. The average molecular weight is 394 g/mol. The van der Waals surface area contributed by atoms with Gasteiger partial charge in [-0.25, -0.2) is 4.39 Å². The minimum atomic E-state index is -0.431. The van der Waals surface area contributed by atoms with Crippen molar-refractivity contribution in [3.8, 4) is 5.75 Å². The van der Waals surface area contributed by atoms with E-state index in [0.29, 0.717) is 26.2 Å². The maximum Gasteiger partial charge on any atom is 0.236 e. The molecular weight excluding hydrogens is 363 g/mol. The number of hydrogen-bond donors (Lipinski definition) is 1. The zero-order chi connectivity index (χ0) is 20.5. The van der Waals surface area contributed by atoms with Gasteiger partial charge >= 0.3 is 0 Å². The fourth-order valence-electron chi connectivity index (χ4n) is 3.11. The van der Waals surface area contributed by atoms with Crippen LogP contribution in [0, 0.1) is 5.82 Å². The fraction of sp³-hybridized carbons (Fsp3) is 0.600. The van der Waals surface area contributed by atoms with Crippen LogP contribution in [0.5, 0.6) is 5.75 Å². The summed E-state index contributed by atoms with van der Waals surface area (Å²) < 4.78 is 18.7. The molecule has 7 nitrogen and oxygen atoms in total. The van der Waals surface area contributed by atoms with E-state index in [2.05, 4.69) is 15.1 Å². The molecule has 1 N–H and O–H groups in total. The standard InChI is InChI=1S/C20H31FN4O3/c1-4-7-22-19(26)14-24-8-10-25(11-9-24)15-20(27)23(2)13-16-5-6-18(28-3)17(21)12-16/h5-6,12H,4,7-11,13-15H2,1-3H3,(H,22,26). The Kier molecular flexibility index (Phi) is 8.66. The van der Waals surface area contributed by atoms with Gasteiger partial charge in [0, 0.05) is 46.3 Å². The van der Waals surface area contributed by atoms with Gasteiger partial charge < -0.3 is 15.0 Å². The number of carbonyl (C=O) groups excluding carboxylic acids is 2. The van der Waals surface area contributed by atoms with Gasteiger partial charge in [0.1, 0.15) is 0 Å². The predicted octanol–water partition coefficient (Wildman–Crippen LogP) is 0.937. The van der Waals surface area contributed by atoms with Crippen molar-refractivity contribution in [2.75, 3.05) is 60.0 Å². The van der Waals surface area contributed by atoms with Crippen LogP contribution < -0.4 is 10.1 Å². The molecule has 1 aliphatic heterocycles. The van der Waals surface area contributed by atoms with Gasteiger partial charge in [-0.1, -0.05) is 13.0 Å². The molecule has 156 valence electrons. The van der Waals surface area contributed by atoms with E-state index in [-0.39, 0.29) is 17.6 Å². The fourth-order valence-corrected chi connectivity index (χ4v) is 3.11. The molecule has 0 unspecified atom stereocenters. The van der Waals surface area contributed by atoms with Gasteiger partial charge in [-0.2, -0.15) is 0 Å². The van der Waals surface area contributed by atoms with Crippen molar-refractivity contribution >= 4 is 11.8 Å². The maximum absolute atomic E-state index is 13.8. The predicted molar refractivity (Wildman–Crippen MR) is 106 cm³/mol. The average Bonchev–Trinajstić information content (AvgIpc) is 2.68. The van der Waals surface area contributed by atoms with Crippen LogP contribution in [0.4, 0.5) is 4.39 Å². The molecule has 1 aromatic rings. The van der Waals surface area contributed by atoms with Gasteiger partial charge in [-0.05, 0) is 24.1 Å². The Morgan fingerprint density at radius 2 is 1.82 bits per heavy atom. The monoisotopic (exact) mass is 394 g/mol. The van der Waals surface area contributed by atoms with Gasteiger partial charge in [0.25, 0.3) is 0 Å². The highest BCUT2D eigenvalue weighted by molar-refractivity contribution is 5.78. The highest BCUT2D eigenvalue weighted by Gasteiger charge is 2.22. The number of halogens is 1. The van der Waals surface area contributed by atoms with Crippen LogP contribution in [-0.2, 0) is 16.1 Å². The van der Waals surface area contributed by atoms with Crippen molar-refractivity contribution in [2.45, 2.75) is 19.9 Å². The summed E-state index contributed by atoms with van der Waals surface area (Å²) >= 11 is 0. The number of hydrogen-bond acceptors (Lipinski definition) is 5. The molecule has 0 aromatic heterocycles. The van der Waals surface area contributed by atoms with E-state index in [0.717, 1.165) is 38.2 Å². The molecule has 1 heterocycles. The summed E-state index contributed by atoms with van der Waals surface area (Å²) in [6, 6.07) is 4.72. The van der Waals surface area contributed by atoms with E-state index in [1.165, 1.54) is 13.2 Å². The quantitative estimate of drug-likeness (QED) is 0.675. The number of amides is 2. The second kappa shape index (κ2) is 11.0. The van der Waals surface area contributed by atoms with Crippen LogP contribution in [0.2, 0.25) is 0 Å². The third kappa shape index (κ3) is 6.76. The van der Waals surface area contributed by atoms with Crippen molar-refractivity contribution in [1.29, 1.82) is 0 Å². The Balaban J connectivity index is 1.74. The third-order valence-electron chi connectivity index (χ3n) is 4.82. The molecule has 0 atom stereocenters.